The number of hydrogen-bond acceptors (Lipinski definition) is 4. The maximum atomic E-state index is 13.9. The highest BCUT2D eigenvalue weighted by molar-refractivity contribution is 7.90. The van der Waals surface area contributed by atoms with Crippen LogP contribution in [0.5, 0.6) is 5.75 Å². The monoisotopic (exact) mass is 407 g/mol. The van der Waals surface area contributed by atoms with Gasteiger partial charge in [-0.15, -0.1) is 0 Å². The molecule has 0 spiro atoms. The summed E-state index contributed by atoms with van der Waals surface area (Å²) in [6.45, 7) is 4.86. The van der Waals surface area contributed by atoms with E-state index in [9.17, 15) is 12.8 Å². The van der Waals surface area contributed by atoms with Gasteiger partial charge in [0.15, 0.2) is 27.4 Å². The van der Waals surface area contributed by atoms with Gasteiger partial charge in [-0.1, -0.05) is 18.2 Å². The van der Waals surface area contributed by atoms with Crippen molar-refractivity contribution in [3.05, 3.63) is 58.9 Å². The smallest absolute Gasteiger partial charge is 0.191 e. The quantitative estimate of drug-likeness (QED) is 0.545. The van der Waals surface area contributed by atoms with E-state index in [-0.39, 0.29) is 5.75 Å². The van der Waals surface area contributed by atoms with Gasteiger partial charge in [-0.25, -0.2) is 12.8 Å². The average molecular weight is 408 g/mol. The summed E-state index contributed by atoms with van der Waals surface area (Å²) in [6, 6.07) is 10.0. The molecule has 0 unspecified atom stereocenters. The number of halogens is 1. The highest BCUT2D eigenvalue weighted by Crippen LogP contribution is 2.18. The largest absolute Gasteiger partial charge is 0.491 e. The van der Waals surface area contributed by atoms with Crippen LogP contribution in [0.2, 0.25) is 0 Å². The number of nitrogens with one attached hydrogen (secondary N) is 2. The molecule has 0 radical (unpaired) electrons. The van der Waals surface area contributed by atoms with Crippen molar-refractivity contribution in [3.63, 3.8) is 0 Å². The fraction of sp³-hybridized carbons (Fsp3) is 0.350. The summed E-state index contributed by atoms with van der Waals surface area (Å²) in [5, 5.41) is 6.28. The molecule has 0 fully saturated rings. The Balaban J connectivity index is 1.95. The van der Waals surface area contributed by atoms with E-state index in [1.165, 1.54) is 12.3 Å². The highest BCUT2D eigenvalue weighted by Gasteiger charge is 2.11. The summed E-state index contributed by atoms with van der Waals surface area (Å²) in [6.07, 6.45) is 1.20. The molecule has 2 N–H and O–H groups in total. The van der Waals surface area contributed by atoms with E-state index < -0.39 is 15.7 Å². The summed E-state index contributed by atoms with van der Waals surface area (Å²) in [7, 11) is -1.59. The van der Waals surface area contributed by atoms with Gasteiger partial charge in [0.25, 0.3) is 0 Å². The van der Waals surface area contributed by atoms with Crippen LogP contribution in [0, 0.1) is 12.7 Å². The molecule has 0 heterocycles. The fourth-order valence-electron chi connectivity index (χ4n) is 2.76. The van der Waals surface area contributed by atoms with E-state index in [2.05, 4.69) is 15.6 Å². The van der Waals surface area contributed by atoms with E-state index in [0.29, 0.717) is 36.1 Å². The van der Waals surface area contributed by atoms with E-state index in [0.717, 1.165) is 11.1 Å². The number of benzene rings is 2. The fourth-order valence-corrected chi connectivity index (χ4v) is 3.72. The van der Waals surface area contributed by atoms with Gasteiger partial charge < -0.3 is 15.4 Å². The zero-order chi connectivity index (χ0) is 20.7. The van der Waals surface area contributed by atoms with Crippen molar-refractivity contribution in [3.8, 4) is 5.75 Å². The standard InChI is InChI=1S/C20H26FN3O3S/c1-5-27-18-8-6-16(11-17(18)21)13-24-20(22-3)23-12-15-7-9-19(14(2)10-15)28(4,25)26/h6-11H,5,12-13H2,1-4H3,(H2,22,23,24). The van der Waals surface area contributed by atoms with Crippen LogP contribution in [0.1, 0.15) is 23.6 Å². The molecule has 0 saturated heterocycles. The number of rotatable bonds is 7. The summed E-state index contributed by atoms with van der Waals surface area (Å²) in [4.78, 5) is 4.48. The Kier molecular flexibility index (Phi) is 7.39. The van der Waals surface area contributed by atoms with E-state index >= 15 is 0 Å². The summed E-state index contributed by atoms with van der Waals surface area (Å²) in [5.74, 6) is 0.395. The van der Waals surface area contributed by atoms with Gasteiger partial charge in [0.1, 0.15) is 0 Å². The topological polar surface area (TPSA) is 79.8 Å². The van der Waals surface area contributed by atoms with Gasteiger partial charge in [0.05, 0.1) is 11.5 Å². The number of aliphatic imine (C=N–C) groups is 1. The number of hydrogen-bond donors (Lipinski definition) is 2. The molecule has 0 saturated carbocycles. The third-order valence-electron chi connectivity index (χ3n) is 4.08. The molecule has 2 rings (SSSR count). The second-order valence-electron chi connectivity index (χ2n) is 6.35. The van der Waals surface area contributed by atoms with Crippen LogP contribution in [0.4, 0.5) is 4.39 Å². The first kappa shape index (κ1) is 21.7. The maximum Gasteiger partial charge on any atom is 0.191 e. The normalized spacial score (nSPS) is 12.0. The molecule has 0 amide bonds. The van der Waals surface area contributed by atoms with Crippen molar-refractivity contribution < 1.29 is 17.5 Å². The predicted molar refractivity (Wildman–Crippen MR) is 109 cm³/mol. The van der Waals surface area contributed by atoms with E-state index in [1.54, 1.807) is 45.2 Å². The van der Waals surface area contributed by atoms with Gasteiger partial charge in [-0.2, -0.15) is 0 Å². The predicted octanol–water partition coefficient (Wildman–Crippen LogP) is 2.80. The SMILES string of the molecule is CCOc1ccc(CNC(=NC)NCc2ccc(S(C)(=O)=O)c(C)c2)cc1F. The van der Waals surface area contributed by atoms with Crippen LogP contribution in [0.3, 0.4) is 0 Å². The van der Waals surface area contributed by atoms with Crippen LogP contribution in [-0.4, -0.2) is 34.3 Å². The first-order valence-electron chi connectivity index (χ1n) is 8.90. The molecule has 0 aliphatic carbocycles. The minimum Gasteiger partial charge on any atom is -0.491 e. The van der Waals surface area contributed by atoms with Crippen LogP contribution in [0.15, 0.2) is 46.3 Å². The molecule has 0 atom stereocenters. The Labute approximate surface area is 165 Å². The van der Waals surface area contributed by atoms with Crippen molar-refractivity contribution >= 4 is 15.8 Å². The van der Waals surface area contributed by atoms with Crippen molar-refractivity contribution in [1.82, 2.24) is 10.6 Å². The van der Waals surface area contributed by atoms with Crippen LogP contribution in [0.25, 0.3) is 0 Å². The molecule has 0 aromatic heterocycles. The number of aryl methyl sites for hydroxylation is 1. The molecule has 6 nitrogen and oxygen atoms in total. The Hall–Kier alpha value is -2.61. The molecule has 0 aliphatic rings. The molecule has 2 aromatic carbocycles. The first-order valence-corrected chi connectivity index (χ1v) is 10.8. The lowest BCUT2D eigenvalue weighted by molar-refractivity contribution is 0.321. The first-order chi connectivity index (χ1) is 13.2. The number of guanidine groups is 1. The number of ether oxygens (including phenoxy) is 1. The molecule has 2 aromatic rings. The Morgan fingerprint density at radius 1 is 1.11 bits per heavy atom. The lowest BCUT2D eigenvalue weighted by Gasteiger charge is -2.13. The van der Waals surface area contributed by atoms with Gasteiger partial charge in [0, 0.05) is 26.4 Å². The molecular formula is C20H26FN3O3S. The molecule has 8 heteroatoms. The van der Waals surface area contributed by atoms with Crippen LogP contribution in [-0.2, 0) is 22.9 Å². The summed E-state index contributed by atoms with van der Waals surface area (Å²) in [5.41, 5.74) is 2.40. The lowest BCUT2D eigenvalue weighted by atomic mass is 10.1. The third kappa shape index (κ3) is 5.95. The number of sulfone groups is 1. The Bertz CT molecular complexity index is 959. The Morgan fingerprint density at radius 3 is 2.21 bits per heavy atom. The van der Waals surface area contributed by atoms with Crippen molar-refractivity contribution in [2.75, 3.05) is 19.9 Å². The zero-order valence-electron chi connectivity index (χ0n) is 16.5. The third-order valence-corrected chi connectivity index (χ3v) is 5.34. The van der Waals surface area contributed by atoms with Gasteiger partial charge in [0.2, 0.25) is 0 Å². The second-order valence-corrected chi connectivity index (χ2v) is 8.33. The van der Waals surface area contributed by atoms with Crippen LogP contribution >= 0.6 is 0 Å². The summed E-state index contributed by atoms with van der Waals surface area (Å²) < 4.78 is 42.5. The lowest BCUT2D eigenvalue weighted by Crippen LogP contribution is -2.36. The Morgan fingerprint density at radius 2 is 1.71 bits per heavy atom. The molecule has 0 bridgehead atoms. The van der Waals surface area contributed by atoms with Crippen molar-refractivity contribution in [2.24, 2.45) is 4.99 Å². The molecular weight excluding hydrogens is 381 g/mol. The molecule has 28 heavy (non-hydrogen) atoms. The number of nitrogens with zero attached hydrogens (tertiary/aromatic N) is 1. The van der Waals surface area contributed by atoms with Gasteiger partial charge in [-0.05, 0) is 48.7 Å². The average Bonchev–Trinajstić information content (AvgIpc) is 2.63. The van der Waals surface area contributed by atoms with Gasteiger partial charge >= 0.3 is 0 Å². The minimum absolute atomic E-state index is 0.238. The molecule has 0 aliphatic heterocycles. The van der Waals surface area contributed by atoms with Crippen molar-refractivity contribution in [1.29, 1.82) is 0 Å². The van der Waals surface area contributed by atoms with E-state index in [1.807, 2.05) is 6.07 Å². The zero-order valence-corrected chi connectivity index (χ0v) is 17.4. The maximum absolute atomic E-state index is 13.9. The second kappa shape index (κ2) is 9.54. The van der Waals surface area contributed by atoms with Gasteiger partial charge in [-0.3, -0.25) is 4.99 Å². The molecule has 152 valence electrons. The van der Waals surface area contributed by atoms with Crippen LogP contribution < -0.4 is 15.4 Å². The highest BCUT2D eigenvalue weighted by atomic mass is 32.2. The summed E-state index contributed by atoms with van der Waals surface area (Å²) >= 11 is 0. The van der Waals surface area contributed by atoms with E-state index in [4.69, 9.17) is 4.74 Å². The van der Waals surface area contributed by atoms with Crippen molar-refractivity contribution in [2.45, 2.75) is 31.8 Å². The minimum atomic E-state index is -3.23.